The van der Waals surface area contributed by atoms with E-state index in [1.54, 1.807) is 6.26 Å². The predicted octanol–water partition coefficient (Wildman–Crippen LogP) is 1.55. The summed E-state index contributed by atoms with van der Waals surface area (Å²) in [6.45, 7) is 4.49. The molecule has 0 heterocycles. The lowest BCUT2D eigenvalue weighted by molar-refractivity contribution is 0.0161. The van der Waals surface area contributed by atoms with Gasteiger partial charge in [-0.3, -0.25) is 4.21 Å². The van der Waals surface area contributed by atoms with Crippen LogP contribution in [-0.4, -0.2) is 27.4 Å². The first-order valence-electron chi connectivity index (χ1n) is 5.38. The molecule has 3 heteroatoms. The Bertz CT molecular complexity index is 274. The van der Waals surface area contributed by atoms with Crippen molar-refractivity contribution in [3.05, 3.63) is 0 Å². The van der Waals surface area contributed by atoms with Gasteiger partial charge in [-0.25, -0.2) is 0 Å². The van der Waals surface area contributed by atoms with Gasteiger partial charge in [-0.15, -0.1) is 0 Å². The zero-order valence-corrected chi connectivity index (χ0v) is 10.1. The van der Waals surface area contributed by atoms with Crippen LogP contribution < -0.4 is 0 Å². The molecule has 0 aliphatic heterocycles. The molecule has 2 aliphatic carbocycles. The quantitative estimate of drug-likeness (QED) is 0.760. The number of fused-ring (bicyclic) bond motifs is 2. The maximum atomic E-state index is 11.4. The number of aliphatic hydroxyl groups is 1. The molecule has 2 bridgehead atoms. The van der Waals surface area contributed by atoms with E-state index >= 15 is 0 Å². The number of hydrogen-bond donors (Lipinski definition) is 1. The molecule has 0 amide bonds. The third-order valence-corrected chi connectivity index (χ3v) is 5.77. The van der Waals surface area contributed by atoms with Gasteiger partial charge in [0.1, 0.15) is 0 Å². The van der Waals surface area contributed by atoms with Gasteiger partial charge in [0.05, 0.1) is 6.10 Å². The second-order valence-corrected chi connectivity index (χ2v) is 7.02. The number of hydrogen-bond acceptors (Lipinski definition) is 2. The molecule has 0 radical (unpaired) electrons. The molecule has 0 aromatic rings. The molecule has 1 N–H and O–H groups in total. The van der Waals surface area contributed by atoms with E-state index in [9.17, 15) is 9.32 Å². The Morgan fingerprint density at radius 2 is 2.14 bits per heavy atom. The van der Waals surface area contributed by atoms with Crippen LogP contribution in [-0.2, 0) is 10.8 Å². The van der Waals surface area contributed by atoms with E-state index in [1.807, 2.05) is 0 Å². The zero-order valence-electron chi connectivity index (χ0n) is 9.25. The van der Waals surface area contributed by atoms with E-state index < -0.39 is 10.8 Å². The lowest BCUT2D eigenvalue weighted by atomic mass is 9.70. The first-order valence-corrected chi connectivity index (χ1v) is 7.11. The molecule has 2 nitrogen and oxygen atoms in total. The molecule has 4 atom stereocenters. The second kappa shape index (κ2) is 3.05. The van der Waals surface area contributed by atoms with E-state index in [4.69, 9.17) is 0 Å². The van der Waals surface area contributed by atoms with Gasteiger partial charge in [-0.1, -0.05) is 13.8 Å². The molecular formula is C11H20O2S. The smallest absolute Gasteiger partial charge is 0.0613 e. The minimum Gasteiger partial charge on any atom is -0.392 e. The number of aliphatic hydroxyl groups excluding tert-OH is 1. The molecule has 0 unspecified atom stereocenters. The molecule has 2 saturated carbocycles. The summed E-state index contributed by atoms with van der Waals surface area (Å²) in [4.78, 5) is 0. The third kappa shape index (κ3) is 1.15. The minimum atomic E-state index is -0.795. The van der Waals surface area contributed by atoms with E-state index in [-0.39, 0.29) is 16.9 Å². The highest BCUT2D eigenvalue weighted by Gasteiger charge is 2.63. The molecule has 2 rings (SSSR count). The van der Waals surface area contributed by atoms with Crippen molar-refractivity contribution in [2.45, 2.75) is 39.2 Å². The third-order valence-electron chi connectivity index (χ3n) is 4.85. The van der Waals surface area contributed by atoms with Crippen LogP contribution in [0.15, 0.2) is 0 Å². The summed E-state index contributed by atoms with van der Waals surface area (Å²) in [5.74, 6) is 1.32. The van der Waals surface area contributed by atoms with Crippen molar-refractivity contribution in [1.29, 1.82) is 0 Å². The monoisotopic (exact) mass is 216 g/mol. The van der Waals surface area contributed by atoms with Crippen molar-refractivity contribution >= 4 is 10.8 Å². The van der Waals surface area contributed by atoms with Crippen molar-refractivity contribution in [3.63, 3.8) is 0 Å². The first kappa shape index (κ1) is 10.6. The predicted molar refractivity (Wildman–Crippen MR) is 58.5 cm³/mol. The number of rotatable bonds is 2. The van der Waals surface area contributed by atoms with Crippen LogP contribution in [0.25, 0.3) is 0 Å². The fourth-order valence-electron chi connectivity index (χ4n) is 3.74. The van der Waals surface area contributed by atoms with Gasteiger partial charge in [-0.05, 0) is 30.6 Å². The van der Waals surface area contributed by atoms with Gasteiger partial charge >= 0.3 is 0 Å². The van der Waals surface area contributed by atoms with Crippen LogP contribution in [0.5, 0.6) is 0 Å². The summed E-state index contributed by atoms with van der Waals surface area (Å²) in [5.41, 5.74) is 0.120. The SMILES string of the molecule is C[S@@](=O)C[C@]12CC[C@H](C[C@H]1O)C2(C)C. The van der Waals surface area contributed by atoms with Gasteiger partial charge in [0.15, 0.2) is 0 Å². The van der Waals surface area contributed by atoms with Crippen LogP contribution in [0.1, 0.15) is 33.1 Å². The highest BCUT2D eigenvalue weighted by Crippen LogP contribution is 2.65. The van der Waals surface area contributed by atoms with E-state index in [0.717, 1.165) is 12.8 Å². The van der Waals surface area contributed by atoms with Gasteiger partial charge in [-0.2, -0.15) is 0 Å². The molecule has 82 valence electrons. The van der Waals surface area contributed by atoms with E-state index in [1.165, 1.54) is 6.42 Å². The van der Waals surface area contributed by atoms with Crippen molar-refractivity contribution in [3.8, 4) is 0 Å². The highest BCUT2D eigenvalue weighted by molar-refractivity contribution is 7.84. The van der Waals surface area contributed by atoms with Crippen LogP contribution in [0, 0.1) is 16.7 Å². The maximum Gasteiger partial charge on any atom is 0.0613 e. The topological polar surface area (TPSA) is 37.3 Å². The van der Waals surface area contributed by atoms with Gasteiger partial charge in [0.25, 0.3) is 0 Å². The average Bonchev–Trinajstić information content (AvgIpc) is 2.36. The summed E-state index contributed by atoms with van der Waals surface area (Å²) < 4.78 is 11.4. The normalized spacial score (nSPS) is 46.9. The maximum absolute atomic E-state index is 11.4. The molecule has 0 saturated heterocycles. The molecular weight excluding hydrogens is 196 g/mol. The summed E-state index contributed by atoms with van der Waals surface area (Å²) in [7, 11) is -0.795. The Morgan fingerprint density at radius 1 is 1.50 bits per heavy atom. The zero-order chi connectivity index (χ0) is 10.6. The van der Waals surface area contributed by atoms with Crippen LogP contribution in [0.3, 0.4) is 0 Å². The lowest BCUT2D eigenvalue weighted by Gasteiger charge is -2.39. The van der Waals surface area contributed by atoms with E-state index in [0.29, 0.717) is 11.7 Å². The molecule has 0 aromatic heterocycles. The molecule has 2 fully saturated rings. The standard InChI is InChI=1S/C11H20O2S/c1-10(2)8-4-5-11(10,7-14(3)13)9(12)6-8/h8-9,12H,4-7H2,1-3H3/t8-,9-,11-,14-/m1/s1. The largest absolute Gasteiger partial charge is 0.392 e. The molecule has 2 aliphatic rings. The summed E-state index contributed by atoms with van der Waals surface area (Å²) in [6, 6.07) is 0. The van der Waals surface area contributed by atoms with Crippen molar-refractivity contribution in [2.24, 2.45) is 16.7 Å². The Morgan fingerprint density at radius 3 is 2.50 bits per heavy atom. The molecule has 0 aromatic carbocycles. The van der Waals surface area contributed by atoms with Crippen LogP contribution >= 0.6 is 0 Å². The average molecular weight is 216 g/mol. The van der Waals surface area contributed by atoms with E-state index in [2.05, 4.69) is 13.8 Å². The molecule has 0 spiro atoms. The first-order chi connectivity index (χ1) is 6.40. The second-order valence-electron chi connectivity index (χ2n) is 5.58. The lowest BCUT2D eigenvalue weighted by Crippen LogP contribution is -2.43. The minimum absolute atomic E-state index is 0.0583. The molecule has 14 heavy (non-hydrogen) atoms. The summed E-state index contributed by atoms with van der Waals surface area (Å²) in [6.07, 6.45) is 4.72. The fourth-order valence-corrected chi connectivity index (χ4v) is 5.18. The Hall–Kier alpha value is 0.110. The van der Waals surface area contributed by atoms with Crippen LogP contribution in [0.4, 0.5) is 0 Å². The van der Waals surface area contributed by atoms with Crippen molar-refractivity contribution < 1.29 is 9.32 Å². The summed E-state index contributed by atoms with van der Waals surface area (Å²) >= 11 is 0. The van der Waals surface area contributed by atoms with Crippen molar-refractivity contribution in [2.75, 3.05) is 12.0 Å². The van der Waals surface area contributed by atoms with Gasteiger partial charge in [0, 0.05) is 28.2 Å². The van der Waals surface area contributed by atoms with Crippen molar-refractivity contribution in [1.82, 2.24) is 0 Å². The fraction of sp³-hybridized carbons (Fsp3) is 1.00. The van der Waals surface area contributed by atoms with Gasteiger partial charge in [0.2, 0.25) is 0 Å². The highest BCUT2D eigenvalue weighted by atomic mass is 32.2. The Balaban J connectivity index is 2.34. The Kier molecular flexibility index (Phi) is 2.31. The van der Waals surface area contributed by atoms with Crippen LogP contribution in [0.2, 0.25) is 0 Å². The Labute approximate surface area is 88.5 Å². The van der Waals surface area contributed by atoms with Gasteiger partial charge < -0.3 is 5.11 Å². The summed E-state index contributed by atoms with van der Waals surface area (Å²) in [5, 5.41) is 10.1.